The van der Waals surface area contributed by atoms with Gasteiger partial charge in [0.15, 0.2) is 0 Å². The quantitative estimate of drug-likeness (QED) is 0.599. The van der Waals surface area contributed by atoms with E-state index in [4.69, 9.17) is 5.73 Å². The molecule has 104 valence electrons. The smallest absolute Gasteiger partial charge is 0.00869 e. The van der Waals surface area contributed by atoms with Gasteiger partial charge in [0.05, 0.1) is 0 Å². The zero-order valence-electron chi connectivity index (χ0n) is 12.5. The number of nitrogens with two attached hydrogens (primary N) is 1. The molecule has 0 amide bonds. The highest BCUT2D eigenvalue weighted by molar-refractivity contribution is 4.67. The summed E-state index contributed by atoms with van der Waals surface area (Å²) in [5.74, 6) is 0.861. The van der Waals surface area contributed by atoms with E-state index in [9.17, 15) is 0 Å². The number of hydrogen-bond donors (Lipinski definition) is 1. The normalized spacial score (nSPS) is 13.6. The molecule has 0 saturated heterocycles. The van der Waals surface area contributed by atoms with Gasteiger partial charge in [-0.15, -0.1) is 0 Å². The fraction of sp³-hybridized carbons (Fsp3) is 1.00. The van der Waals surface area contributed by atoms with E-state index in [2.05, 4.69) is 32.7 Å². The van der Waals surface area contributed by atoms with Crippen molar-refractivity contribution >= 4 is 0 Å². The van der Waals surface area contributed by atoms with Gasteiger partial charge in [0, 0.05) is 6.04 Å². The first-order valence-corrected chi connectivity index (χ1v) is 7.59. The van der Waals surface area contributed by atoms with E-state index >= 15 is 0 Å². The molecule has 0 aliphatic carbocycles. The van der Waals surface area contributed by atoms with Crippen LogP contribution < -0.4 is 5.73 Å². The molecule has 0 spiro atoms. The van der Waals surface area contributed by atoms with E-state index in [0.29, 0.717) is 0 Å². The van der Waals surface area contributed by atoms with Gasteiger partial charge in [0.1, 0.15) is 0 Å². The summed E-state index contributed by atoms with van der Waals surface area (Å²) in [7, 11) is 2.27. The summed E-state index contributed by atoms with van der Waals surface area (Å²) in [6.45, 7) is 8.96. The maximum absolute atomic E-state index is 5.67. The summed E-state index contributed by atoms with van der Waals surface area (Å²) < 4.78 is 0. The topological polar surface area (TPSA) is 29.3 Å². The summed E-state index contributed by atoms with van der Waals surface area (Å²) in [6, 6.07) is 0.772. The molecule has 0 fully saturated rings. The SMILES string of the molecule is CCCC(CCN)CCCN(C)C(CC)CC. The predicted octanol–water partition coefficient (Wildman–Crippen LogP) is 3.65. The van der Waals surface area contributed by atoms with Crippen LogP contribution in [0.25, 0.3) is 0 Å². The molecule has 2 N–H and O–H groups in total. The molecule has 1 atom stereocenters. The molecule has 0 aliphatic heterocycles. The predicted molar refractivity (Wildman–Crippen MR) is 78.3 cm³/mol. The van der Waals surface area contributed by atoms with Crippen molar-refractivity contribution < 1.29 is 0 Å². The fourth-order valence-corrected chi connectivity index (χ4v) is 2.80. The maximum atomic E-state index is 5.67. The van der Waals surface area contributed by atoms with Gasteiger partial charge in [0.25, 0.3) is 0 Å². The fourth-order valence-electron chi connectivity index (χ4n) is 2.80. The second kappa shape index (κ2) is 11.0. The highest BCUT2D eigenvalue weighted by Crippen LogP contribution is 2.17. The molecular formula is C15H34N2. The Morgan fingerprint density at radius 1 is 1.00 bits per heavy atom. The van der Waals surface area contributed by atoms with Crippen molar-refractivity contribution in [3.8, 4) is 0 Å². The minimum atomic E-state index is 0.772. The molecule has 1 unspecified atom stereocenters. The minimum Gasteiger partial charge on any atom is -0.330 e. The van der Waals surface area contributed by atoms with Gasteiger partial charge in [-0.05, 0) is 58.2 Å². The molecule has 0 radical (unpaired) electrons. The van der Waals surface area contributed by atoms with Gasteiger partial charge in [-0.1, -0.05) is 33.6 Å². The van der Waals surface area contributed by atoms with Crippen molar-refractivity contribution in [3.05, 3.63) is 0 Å². The van der Waals surface area contributed by atoms with Crippen LogP contribution in [-0.2, 0) is 0 Å². The Kier molecular flexibility index (Phi) is 11.0. The average Bonchev–Trinajstić information content (AvgIpc) is 2.31. The van der Waals surface area contributed by atoms with Crippen molar-refractivity contribution in [1.29, 1.82) is 0 Å². The summed E-state index contributed by atoms with van der Waals surface area (Å²) in [5, 5.41) is 0. The van der Waals surface area contributed by atoms with Crippen LogP contribution in [-0.4, -0.2) is 31.1 Å². The number of hydrogen-bond acceptors (Lipinski definition) is 2. The molecule has 0 aromatic heterocycles. The van der Waals surface area contributed by atoms with Gasteiger partial charge in [-0.25, -0.2) is 0 Å². The first kappa shape index (κ1) is 16.9. The first-order chi connectivity index (χ1) is 8.19. The van der Waals surface area contributed by atoms with Crippen molar-refractivity contribution in [2.75, 3.05) is 20.1 Å². The van der Waals surface area contributed by atoms with Crippen LogP contribution in [0, 0.1) is 5.92 Å². The van der Waals surface area contributed by atoms with Crippen molar-refractivity contribution in [2.45, 2.75) is 71.8 Å². The second-order valence-corrected chi connectivity index (χ2v) is 5.33. The van der Waals surface area contributed by atoms with E-state index in [1.54, 1.807) is 0 Å². The first-order valence-electron chi connectivity index (χ1n) is 7.59. The zero-order valence-corrected chi connectivity index (χ0v) is 12.5. The Bertz CT molecular complexity index is 147. The maximum Gasteiger partial charge on any atom is 0.00869 e. The molecule has 2 heteroatoms. The molecule has 0 aliphatic rings. The lowest BCUT2D eigenvalue weighted by molar-refractivity contribution is 0.218. The Balaban J connectivity index is 3.78. The summed E-state index contributed by atoms with van der Waals surface area (Å²) >= 11 is 0. The average molecular weight is 242 g/mol. The molecule has 0 rings (SSSR count). The third-order valence-corrected chi connectivity index (χ3v) is 3.96. The van der Waals surface area contributed by atoms with E-state index in [1.807, 2.05) is 0 Å². The lowest BCUT2D eigenvalue weighted by Crippen LogP contribution is -2.31. The monoisotopic (exact) mass is 242 g/mol. The van der Waals surface area contributed by atoms with Gasteiger partial charge < -0.3 is 10.6 Å². The standard InChI is InChI=1S/C15H34N2/c1-5-9-14(11-12-16)10-8-13-17(4)15(6-2)7-3/h14-15H,5-13,16H2,1-4H3. The van der Waals surface area contributed by atoms with Gasteiger partial charge in [0.2, 0.25) is 0 Å². The third kappa shape index (κ3) is 7.77. The van der Waals surface area contributed by atoms with Crippen LogP contribution in [0.4, 0.5) is 0 Å². The van der Waals surface area contributed by atoms with E-state index in [0.717, 1.165) is 18.5 Å². The zero-order chi connectivity index (χ0) is 13.1. The lowest BCUT2D eigenvalue weighted by Gasteiger charge is -2.26. The number of nitrogens with zero attached hydrogens (tertiary/aromatic N) is 1. The van der Waals surface area contributed by atoms with Crippen molar-refractivity contribution in [1.82, 2.24) is 4.90 Å². The van der Waals surface area contributed by atoms with Crippen molar-refractivity contribution in [3.63, 3.8) is 0 Å². The molecule has 0 heterocycles. The highest BCUT2D eigenvalue weighted by Gasteiger charge is 2.11. The molecule has 17 heavy (non-hydrogen) atoms. The van der Waals surface area contributed by atoms with Crippen LogP contribution in [0.5, 0.6) is 0 Å². The van der Waals surface area contributed by atoms with Crippen LogP contribution in [0.2, 0.25) is 0 Å². The molecule has 0 aromatic carbocycles. The summed E-state index contributed by atoms with van der Waals surface area (Å²) in [5.41, 5.74) is 5.67. The highest BCUT2D eigenvalue weighted by atomic mass is 15.1. The third-order valence-electron chi connectivity index (χ3n) is 3.96. The lowest BCUT2D eigenvalue weighted by atomic mass is 9.94. The Morgan fingerprint density at radius 3 is 2.12 bits per heavy atom. The Labute approximate surface area is 109 Å². The van der Waals surface area contributed by atoms with E-state index in [-0.39, 0.29) is 0 Å². The van der Waals surface area contributed by atoms with Crippen LogP contribution in [0.15, 0.2) is 0 Å². The van der Waals surface area contributed by atoms with Gasteiger partial charge in [-0.3, -0.25) is 0 Å². The van der Waals surface area contributed by atoms with E-state index < -0.39 is 0 Å². The van der Waals surface area contributed by atoms with Crippen LogP contribution in [0.1, 0.15) is 65.7 Å². The Morgan fingerprint density at radius 2 is 1.65 bits per heavy atom. The minimum absolute atomic E-state index is 0.772. The number of rotatable bonds is 11. The van der Waals surface area contributed by atoms with Crippen LogP contribution in [0.3, 0.4) is 0 Å². The molecule has 0 aromatic rings. The van der Waals surface area contributed by atoms with Gasteiger partial charge >= 0.3 is 0 Å². The summed E-state index contributed by atoms with van der Waals surface area (Å²) in [6.07, 6.45) is 9.09. The molecule has 0 saturated carbocycles. The molecular weight excluding hydrogens is 208 g/mol. The Hall–Kier alpha value is -0.0800. The molecule has 2 nitrogen and oxygen atoms in total. The van der Waals surface area contributed by atoms with Crippen LogP contribution >= 0.6 is 0 Å². The summed E-state index contributed by atoms with van der Waals surface area (Å²) in [4.78, 5) is 2.53. The van der Waals surface area contributed by atoms with Gasteiger partial charge in [-0.2, -0.15) is 0 Å². The largest absolute Gasteiger partial charge is 0.330 e. The van der Waals surface area contributed by atoms with E-state index in [1.165, 1.54) is 51.5 Å². The second-order valence-electron chi connectivity index (χ2n) is 5.33. The molecule has 0 bridgehead atoms. The van der Waals surface area contributed by atoms with Crippen molar-refractivity contribution in [2.24, 2.45) is 11.7 Å².